The molecule has 1 aromatic rings. The van der Waals surface area contributed by atoms with Crippen LogP contribution in [0.2, 0.25) is 0 Å². The van der Waals surface area contributed by atoms with Gasteiger partial charge in [-0.05, 0) is 60.8 Å². The van der Waals surface area contributed by atoms with Crippen LogP contribution in [0.1, 0.15) is 64.9 Å². The van der Waals surface area contributed by atoms with Crippen molar-refractivity contribution >= 4 is 11.8 Å². The number of ketones is 1. The van der Waals surface area contributed by atoms with Gasteiger partial charge in [0.15, 0.2) is 5.78 Å². The third-order valence-electron chi connectivity index (χ3n) is 6.80. The normalized spacial score (nSPS) is 24.8. The van der Waals surface area contributed by atoms with E-state index in [1.807, 2.05) is 18.2 Å². The van der Waals surface area contributed by atoms with Crippen molar-refractivity contribution in [2.45, 2.75) is 70.8 Å². The number of carbonyl (C=O) groups is 2. The molecule has 1 fully saturated rings. The second-order valence-electron chi connectivity index (χ2n) is 9.28. The maximum Gasteiger partial charge on any atom is 0.334 e. The van der Waals surface area contributed by atoms with Crippen molar-refractivity contribution in [1.82, 2.24) is 0 Å². The largest absolute Gasteiger partial charge is 0.497 e. The number of rotatable bonds is 6. The summed E-state index contributed by atoms with van der Waals surface area (Å²) in [6, 6.07) is 5.95. The van der Waals surface area contributed by atoms with E-state index in [0.29, 0.717) is 24.3 Å². The molecule has 0 heterocycles. The maximum atomic E-state index is 12.8. The minimum atomic E-state index is -0.328. The molecule has 0 unspecified atom stereocenters. The van der Waals surface area contributed by atoms with Crippen molar-refractivity contribution in [2.75, 3.05) is 14.2 Å². The number of hydrogen-bond donors (Lipinski definition) is 0. The standard InChI is InChI=1S/C25H34O5/c1-16-9-10-22(23(11-16)30-24(27)17-7-6-8-19(26)12-17)25(2,3)18-13-20(28-4)15-21(14-18)29-5/h12-16,22-23H,6-11H2,1-5H3/t16-,22-,23-/m1/s1. The highest BCUT2D eigenvalue weighted by Crippen LogP contribution is 2.45. The lowest BCUT2D eigenvalue weighted by atomic mass is 9.64. The Bertz CT molecular complexity index is 801. The zero-order valence-electron chi connectivity index (χ0n) is 18.8. The van der Waals surface area contributed by atoms with Crippen molar-refractivity contribution in [3.63, 3.8) is 0 Å². The van der Waals surface area contributed by atoms with Gasteiger partial charge in [-0.25, -0.2) is 4.79 Å². The predicted molar refractivity (Wildman–Crippen MR) is 116 cm³/mol. The fraction of sp³-hybridized carbons (Fsp3) is 0.600. The lowest BCUT2D eigenvalue weighted by molar-refractivity contribution is -0.152. The Morgan fingerprint density at radius 1 is 1.03 bits per heavy atom. The molecule has 1 saturated carbocycles. The summed E-state index contributed by atoms with van der Waals surface area (Å²) >= 11 is 0. The number of hydrogen-bond acceptors (Lipinski definition) is 5. The Morgan fingerprint density at radius 2 is 1.70 bits per heavy atom. The van der Waals surface area contributed by atoms with E-state index in [1.54, 1.807) is 14.2 Å². The maximum absolute atomic E-state index is 12.8. The van der Waals surface area contributed by atoms with Gasteiger partial charge in [0, 0.05) is 24.0 Å². The monoisotopic (exact) mass is 414 g/mol. The molecular formula is C25H34O5. The van der Waals surface area contributed by atoms with E-state index in [1.165, 1.54) is 6.08 Å². The summed E-state index contributed by atoms with van der Waals surface area (Å²) in [5.41, 5.74) is 1.37. The molecule has 2 aliphatic carbocycles. The average Bonchev–Trinajstić information content (AvgIpc) is 2.73. The van der Waals surface area contributed by atoms with Crippen molar-refractivity contribution < 1.29 is 23.8 Å². The van der Waals surface area contributed by atoms with Crippen LogP contribution in [0.25, 0.3) is 0 Å². The fourth-order valence-electron chi connectivity index (χ4n) is 4.84. The van der Waals surface area contributed by atoms with Crippen molar-refractivity contribution in [3.8, 4) is 11.5 Å². The van der Waals surface area contributed by atoms with Crippen molar-refractivity contribution in [2.24, 2.45) is 11.8 Å². The van der Waals surface area contributed by atoms with E-state index in [0.717, 1.165) is 42.7 Å². The minimum absolute atomic E-state index is 0.0190. The Hall–Kier alpha value is -2.30. The molecule has 164 valence electrons. The van der Waals surface area contributed by atoms with Crippen LogP contribution >= 0.6 is 0 Å². The van der Waals surface area contributed by atoms with E-state index >= 15 is 0 Å². The van der Waals surface area contributed by atoms with Gasteiger partial charge >= 0.3 is 5.97 Å². The molecule has 0 aromatic heterocycles. The molecule has 3 rings (SSSR count). The van der Waals surface area contributed by atoms with E-state index in [4.69, 9.17) is 14.2 Å². The predicted octanol–water partition coefficient (Wildman–Crippen LogP) is 5.01. The van der Waals surface area contributed by atoms with Gasteiger partial charge in [-0.1, -0.05) is 27.2 Å². The Balaban J connectivity index is 1.87. The van der Waals surface area contributed by atoms with Gasteiger partial charge in [0.2, 0.25) is 0 Å². The first-order chi connectivity index (χ1) is 14.2. The molecule has 0 bridgehead atoms. The van der Waals surface area contributed by atoms with Gasteiger partial charge in [0.25, 0.3) is 0 Å². The second-order valence-corrected chi connectivity index (χ2v) is 9.28. The van der Waals surface area contributed by atoms with Gasteiger partial charge in [-0.15, -0.1) is 0 Å². The molecule has 0 saturated heterocycles. The molecule has 1 aromatic carbocycles. The van der Waals surface area contributed by atoms with Crippen LogP contribution in [0.4, 0.5) is 0 Å². The van der Waals surface area contributed by atoms with Gasteiger partial charge in [0.1, 0.15) is 17.6 Å². The Labute approximate surface area is 179 Å². The van der Waals surface area contributed by atoms with E-state index < -0.39 is 0 Å². The van der Waals surface area contributed by atoms with E-state index in [-0.39, 0.29) is 29.2 Å². The molecule has 0 spiro atoms. The molecule has 0 N–H and O–H groups in total. The molecule has 5 heteroatoms. The summed E-state index contributed by atoms with van der Waals surface area (Å²) in [6.07, 6.45) is 6.06. The topological polar surface area (TPSA) is 61.8 Å². The van der Waals surface area contributed by atoms with Crippen LogP contribution in [-0.4, -0.2) is 32.1 Å². The first-order valence-electron chi connectivity index (χ1n) is 10.9. The molecule has 0 radical (unpaired) electrons. The van der Waals surface area contributed by atoms with Crippen LogP contribution in [0, 0.1) is 11.8 Å². The third-order valence-corrected chi connectivity index (χ3v) is 6.80. The first-order valence-corrected chi connectivity index (χ1v) is 10.9. The summed E-state index contributed by atoms with van der Waals surface area (Å²) in [4.78, 5) is 24.6. The highest BCUT2D eigenvalue weighted by atomic mass is 16.5. The van der Waals surface area contributed by atoms with Crippen LogP contribution in [0.3, 0.4) is 0 Å². The smallest absolute Gasteiger partial charge is 0.334 e. The number of methoxy groups -OCH3 is 2. The molecule has 5 nitrogen and oxygen atoms in total. The van der Waals surface area contributed by atoms with E-state index in [2.05, 4.69) is 20.8 Å². The van der Waals surface area contributed by atoms with E-state index in [9.17, 15) is 9.59 Å². The summed E-state index contributed by atoms with van der Waals surface area (Å²) in [6.45, 7) is 6.61. The summed E-state index contributed by atoms with van der Waals surface area (Å²) in [5, 5.41) is 0. The summed E-state index contributed by atoms with van der Waals surface area (Å²) in [5.74, 6) is 1.85. The minimum Gasteiger partial charge on any atom is -0.497 e. The number of carbonyl (C=O) groups excluding carboxylic acids is 2. The highest BCUT2D eigenvalue weighted by Gasteiger charge is 2.42. The zero-order valence-corrected chi connectivity index (χ0v) is 18.8. The Morgan fingerprint density at radius 3 is 2.30 bits per heavy atom. The lowest BCUT2D eigenvalue weighted by Crippen LogP contribution is -2.43. The first kappa shape index (κ1) is 22.4. The van der Waals surface area contributed by atoms with Gasteiger partial charge in [-0.2, -0.15) is 0 Å². The van der Waals surface area contributed by atoms with Crippen LogP contribution in [0.15, 0.2) is 29.8 Å². The van der Waals surface area contributed by atoms with Crippen molar-refractivity contribution in [3.05, 3.63) is 35.4 Å². The Kier molecular flexibility index (Phi) is 6.89. The zero-order chi connectivity index (χ0) is 21.9. The molecular weight excluding hydrogens is 380 g/mol. The molecule has 0 amide bonds. The highest BCUT2D eigenvalue weighted by molar-refractivity contribution is 6.00. The van der Waals surface area contributed by atoms with Crippen molar-refractivity contribution in [1.29, 1.82) is 0 Å². The third kappa shape index (κ3) is 4.88. The summed E-state index contributed by atoms with van der Waals surface area (Å²) < 4.78 is 17.0. The average molecular weight is 415 g/mol. The molecule has 30 heavy (non-hydrogen) atoms. The number of allylic oxidation sites excluding steroid dienone is 1. The van der Waals surface area contributed by atoms with Gasteiger partial charge < -0.3 is 14.2 Å². The lowest BCUT2D eigenvalue weighted by Gasteiger charge is -2.44. The molecule has 0 aliphatic heterocycles. The number of ether oxygens (including phenoxy) is 3. The quantitative estimate of drug-likeness (QED) is 0.613. The summed E-state index contributed by atoms with van der Waals surface area (Å²) in [7, 11) is 3.30. The number of esters is 1. The van der Waals surface area contributed by atoms with Crippen LogP contribution in [0.5, 0.6) is 11.5 Å². The molecule has 3 atom stereocenters. The second kappa shape index (κ2) is 9.23. The van der Waals surface area contributed by atoms with Gasteiger partial charge in [-0.3, -0.25) is 4.79 Å². The SMILES string of the molecule is COc1cc(OC)cc(C(C)(C)[C@@H]2CC[C@@H](C)C[C@H]2OC(=O)C2=CC(=O)CCC2)c1. The fourth-order valence-corrected chi connectivity index (χ4v) is 4.84. The van der Waals surface area contributed by atoms with Crippen LogP contribution < -0.4 is 9.47 Å². The molecule has 2 aliphatic rings. The van der Waals surface area contributed by atoms with Crippen LogP contribution in [-0.2, 0) is 19.7 Å². The number of benzene rings is 1. The van der Waals surface area contributed by atoms with Gasteiger partial charge in [0.05, 0.1) is 14.2 Å².